The van der Waals surface area contributed by atoms with Crippen molar-refractivity contribution in [2.45, 2.75) is 6.54 Å². The predicted octanol–water partition coefficient (Wildman–Crippen LogP) is 1.76. The molecule has 74 valence electrons. The summed E-state index contributed by atoms with van der Waals surface area (Å²) < 4.78 is 2.51. The van der Waals surface area contributed by atoms with E-state index in [1.54, 1.807) is 16.0 Å². The molecule has 0 bridgehead atoms. The van der Waals surface area contributed by atoms with E-state index in [0.717, 1.165) is 20.7 Å². The van der Waals surface area contributed by atoms with Crippen LogP contribution in [-0.2, 0) is 13.6 Å². The van der Waals surface area contributed by atoms with Gasteiger partial charge in [-0.2, -0.15) is 0 Å². The molecule has 2 N–H and O–H groups in total. The second-order valence-corrected chi connectivity index (χ2v) is 4.61. The zero-order chi connectivity index (χ0) is 10.1. The van der Waals surface area contributed by atoms with Gasteiger partial charge >= 0.3 is 0 Å². The fourth-order valence-electron chi connectivity index (χ4n) is 1.25. The number of thiophene rings is 1. The third-order valence-corrected chi connectivity index (χ3v) is 3.41. The third kappa shape index (κ3) is 1.60. The molecular formula is C8H9BrN4S. The molecule has 0 saturated heterocycles. The summed E-state index contributed by atoms with van der Waals surface area (Å²) in [5.41, 5.74) is 7.65. The molecule has 14 heavy (non-hydrogen) atoms. The molecule has 0 amide bonds. The van der Waals surface area contributed by atoms with E-state index in [-0.39, 0.29) is 0 Å². The number of aryl methyl sites for hydroxylation is 1. The fourth-order valence-corrected chi connectivity index (χ4v) is 2.56. The number of aromatic nitrogens is 3. The second-order valence-electron chi connectivity index (χ2n) is 2.86. The first-order valence-corrected chi connectivity index (χ1v) is 5.72. The summed E-state index contributed by atoms with van der Waals surface area (Å²) in [6.07, 6.45) is 0. The highest BCUT2D eigenvalue weighted by Crippen LogP contribution is 2.29. The molecular weight excluding hydrogens is 264 g/mol. The van der Waals surface area contributed by atoms with Crippen molar-refractivity contribution < 1.29 is 0 Å². The molecule has 2 aromatic rings. The summed E-state index contributed by atoms with van der Waals surface area (Å²) in [5.74, 6) is 0. The Kier molecular flexibility index (Phi) is 2.66. The van der Waals surface area contributed by atoms with E-state index < -0.39 is 0 Å². The maximum atomic E-state index is 5.55. The topological polar surface area (TPSA) is 56.7 Å². The summed E-state index contributed by atoms with van der Waals surface area (Å²) in [4.78, 5) is 1.16. The molecule has 0 spiro atoms. The molecule has 0 saturated carbocycles. The Morgan fingerprint density at radius 2 is 2.43 bits per heavy atom. The van der Waals surface area contributed by atoms with E-state index in [4.69, 9.17) is 5.73 Å². The Labute approximate surface area is 93.9 Å². The maximum absolute atomic E-state index is 5.55. The summed E-state index contributed by atoms with van der Waals surface area (Å²) in [6, 6.07) is 2.06. The SMILES string of the molecule is Cn1nnc(Br)c1-c1csc(CN)c1. The van der Waals surface area contributed by atoms with Crippen LogP contribution in [0.4, 0.5) is 0 Å². The van der Waals surface area contributed by atoms with Crippen LogP contribution in [0.25, 0.3) is 11.3 Å². The van der Waals surface area contributed by atoms with Gasteiger partial charge in [-0.05, 0) is 22.0 Å². The second kappa shape index (κ2) is 3.80. The van der Waals surface area contributed by atoms with Crippen LogP contribution in [0.15, 0.2) is 16.0 Å². The molecule has 2 heterocycles. The number of hydrogen-bond donors (Lipinski definition) is 1. The molecule has 0 unspecified atom stereocenters. The molecule has 0 aliphatic carbocycles. The molecule has 4 nitrogen and oxygen atoms in total. The lowest BCUT2D eigenvalue weighted by molar-refractivity contribution is 0.720. The van der Waals surface area contributed by atoms with E-state index in [2.05, 4.69) is 37.7 Å². The number of rotatable bonds is 2. The lowest BCUT2D eigenvalue weighted by atomic mass is 10.2. The lowest BCUT2D eigenvalue weighted by Crippen LogP contribution is -1.94. The number of halogens is 1. The van der Waals surface area contributed by atoms with Crippen LogP contribution in [0, 0.1) is 0 Å². The van der Waals surface area contributed by atoms with Gasteiger partial charge in [0.15, 0.2) is 4.60 Å². The highest BCUT2D eigenvalue weighted by Gasteiger charge is 2.11. The first-order chi connectivity index (χ1) is 6.72. The highest BCUT2D eigenvalue weighted by molar-refractivity contribution is 9.10. The van der Waals surface area contributed by atoms with Gasteiger partial charge in [0.25, 0.3) is 0 Å². The zero-order valence-electron chi connectivity index (χ0n) is 7.57. The number of nitrogens with zero attached hydrogens (tertiary/aromatic N) is 3. The summed E-state index contributed by atoms with van der Waals surface area (Å²) in [5, 5.41) is 9.91. The predicted molar refractivity (Wildman–Crippen MR) is 59.9 cm³/mol. The third-order valence-electron chi connectivity index (χ3n) is 1.91. The van der Waals surface area contributed by atoms with E-state index >= 15 is 0 Å². The molecule has 0 aliphatic rings. The molecule has 6 heteroatoms. The van der Waals surface area contributed by atoms with Crippen molar-refractivity contribution in [3.63, 3.8) is 0 Å². The van der Waals surface area contributed by atoms with E-state index in [9.17, 15) is 0 Å². The summed E-state index contributed by atoms with van der Waals surface area (Å²) in [6.45, 7) is 0.577. The standard InChI is InChI=1S/C8H9BrN4S/c1-13-7(8(9)11-12-13)5-2-6(3-10)14-4-5/h2,4H,3,10H2,1H3. The Morgan fingerprint density at radius 1 is 1.64 bits per heavy atom. The number of hydrogen-bond acceptors (Lipinski definition) is 4. The van der Waals surface area contributed by atoms with Gasteiger partial charge < -0.3 is 5.73 Å². The Balaban J connectivity index is 2.48. The van der Waals surface area contributed by atoms with Crippen LogP contribution in [0.1, 0.15) is 4.88 Å². The van der Waals surface area contributed by atoms with Gasteiger partial charge in [0.05, 0.1) is 0 Å². The average molecular weight is 273 g/mol. The van der Waals surface area contributed by atoms with Crippen molar-refractivity contribution >= 4 is 27.3 Å². The lowest BCUT2D eigenvalue weighted by Gasteiger charge is -1.96. The summed E-state index contributed by atoms with van der Waals surface area (Å²) >= 11 is 5.01. The maximum Gasteiger partial charge on any atom is 0.156 e. The Bertz CT molecular complexity index is 428. The van der Waals surface area contributed by atoms with Gasteiger partial charge in [-0.25, -0.2) is 4.68 Å². The minimum atomic E-state index is 0.577. The Morgan fingerprint density at radius 3 is 2.93 bits per heavy atom. The molecule has 0 aromatic carbocycles. The molecule has 0 aliphatic heterocycles. The van der Waals surface area contributed by atoms with Crippen molar-refractivity contribution in [1.29, 1.82) is 0 Å². The van der Waals surface area contributed by atoms with Gasteiger partial charge in [-0.15, -0.1) is 16.4 Å². The quantitative estimate of drug-likeness (QED) is 0.907. The van der Waals surface area contributed by atoms with Crippen molar-refractivity contribution in [3.8, 4) is 11.3 Å². The molecule has 0 radical (unpaired) electrons. The van der Waals surface area contributed by atoms with Crippen LogP contribution >= 0.6 is 27.3 Å². The molecule has 2 aromatic heterocycles. The van der Waals surface area contributed by atoms with Crippen molar-refractivity contribution in [2.24, 2.45) is 12.8 Å². The smallest absolute Gasteiger partial charge is 0.156 e. The molecule has 0 atom stereocenters. The first kappa shape index (κ1) is 9.82. The fraction of sp³-hybridized carbons (Fsp3) is 0.250. The number of nitrogens with two attached hydrogens (primary N) is 1. The van der Waals surface area contributed by atoms with Crippen LogP contribution in [0.2, 0.25) is 0 Å². The highest BCUT2D eigenvalue weighted by atomic mass is 79.9. The normalized spacial score (nSPS) is 10.8. The van der Waals surface area contributed by atoms with Crippen LogP contribution in [-0.4, -0.2) is 15.0 Å². The van der Waals surface area contributed by atoms with Crippen LogP contribution in [0.5, 0.6) is 0 Å². The van der Waals surface area contributed by atoms with Gasteiger partial charge in [0, 0.05) is 29.4 Å². The molecule has 0 fully saturated rings. The van der Waals surface area contributed by atoms with E-state index in [0.29, 0.717) is 6.54 Å². The minimum absolute atomic E-state index is 0.577. The van der Waals surface area contributed by atoms with Crippen molar-refractivity contribution in [1.82, 2.24) is 15.0 Å². The first-order valence-electron chi connectivity index (χ1n) is 4.05. The van der Waals surface area contributed by atoms with E-state index in [1.165, 1.54) is 0 Å². The van der Waals surface area contributed by atoms with Crippen molar-refractivity contribution in [2.75, 3.05) is 0 Å². The average Bonchev–Trinajstić information content (AvgIpc) is 2.73. The van der Waals surface area contributed by atoms with Gasteiger partial charge in [-0.1, -0.05) is 5.21 Å². The largest absolute Gasteiger partial charge is 0.326 e. The van der Waals surface area contributed by atoms with Crippen molar-refractivity contribution in [3.05, 3.63) is 20.9 Å². The van der Waals surface area contributed by atoms with E-state index in [1.807, 2.05) is 7.05 Å². The molecule has 2 rings (SSSR count). The minimum Gasteiger partial charge on any atom is -0.326 e. The van der Waals surface area contributed by atoms with Crippen LogP contribution in [0.3, 0.4) is 0 Å². The van der Waals surface area contributed by atoms with Gasteiger partial charge in [0.2, 0.25) is 0 Å². The summed E-state index contributed by atoms with van der Waals surface area (Å²) in [7, 11) is 1.87. The monoisotopic (exact) mass is 272 g/mol. The Hall–Kier alpha value is -0.720. The van der Waals surface area contributed by atoms with Gasteiger partial charge in [-0.3, -0.25) is 0 Å². The van der Waals surface area contributed by atoms with Crippen LogP contribution < -0.4 is 5.73 Å². The van der Waals surface area contributed by atoms with Gasteiger partial charge in [0.1, 0.15) is 5.69 Å². The zero-order valence-corrected chi connectivity index (χ0v) is 9.97.